The van der Waals surface area contributed by atoms with Gasteiger partial charge >= 0.3 is 5.97 Å². The van der Waals surface area contributed by atoms with Crippen LogP contribution in [0.2, 0.25) is 18.1 Å². The number of esters is 1. The first-order chi connectivity index (χ1) is 13.7. The second kappa shape index (κ2) is 11.2. The van der Waals surface area contributed by atoms with E-state index in [9.17, 15) is 14.7 Å². The summed E-state index contributed by atoms with van der Waals surface area (Å²) in [6.07, 6.45) is 4.77. The minimum Gasteiger partial charge on any atom is -0.469 e. The van der Waals surface area contributed by atoms with E-state index in [0.717, 1.165) is 25.7 Å². The second-order valence-electron chi connectivity index (χ2n) is 11.0. The van der Waals surface area contributed by atoms with Gasteiger partial charge in [0.1, 0.15) is 6.10 Å². The highest BCUT2D eigenvalue weighted by Crippen LogP contribution is 2.40. The molecule has 1 aliphatic rings. The van der Waals surface area contributed by atoms with Crippen molar-refractivity contribution in [3.05, 3.63) is 0 Å². The molecule has 0 radical (unpaired) electrons. The lowest BCUT2D eigenvalue weighted by molar-refractivity contribution is -0.146. The van der Waals surface area contributed by atoms with E-state index in [0.29, 0.717) is 6.42 Å². The van der Waals surface area contributed by atoms with Crippen molar-refractivity contribution in [2.75, 3.05) is 7.11 Å². The van der Waals surface area contributed by atoms with Crippen LogP contribution in [0.1, 0.15) is 80.1 Å². The number of rotatable bonds is 10. The van der Waals surface area contributed by atoms with Crippen molar-refractivity contribution in [3.63, 3.8) is 0 Å². The molecule has 0 aliphatic heterocycles. The smallest absolute Gasteiger partial charge is 0.308 e. The van der Waals surface area contributed by atoms with Gasteiger partial charge in [-0.2, -0.15) is 0 Å². The van der Waals surface area contributed by atoms with E-state index in [4.69, 9.17) is 9.16 Å². The van der Waals surface area contributed by atoms with Crippen molar-refractivity contribution in [1.29, 1.82) is 0 Å². The molecule has 0 bridgehead atoms. The summed E-state index contributed by atoms with van der Waals surface area (Å²) >= 11 is 0. The van der Waals surface area contributed by atoms with E-state index in [1.807, 2.05) is 13.8 Å². The summed E-state index contributed by atoms with van der Waals surface area (Å²) in [6.45, 7) is 16.5. The van der Waals surface area contributed by atoms with Crippen molar-refractivity contribution < 1.29 is 23.9 Å². The van der Waals surface area contributed by atoms with Crippen LogP contribution in [0, 0.1) is 23.7 Å². The predicted molar refractivity (Wildman–Crippen MR) is 124 cm³/mol. The van der Waals surface area contributed by atoms with E-state index >= 15 is 0 Å². The highest BCUT2D eigenvalue weighted by Gasteiger charge is 2.45. The fourth-order valence-corrected chi connectivity index (χ4v) is 5.53. The zero-order valence-electron chi connectivity index (χ0n) is 20.8. The fraction of sp³-hybridized carbons (Fsp3) is 0.917. The maximum atomic E-state index is 13.6. The molecule has 6 heteroatoms. The molecule has 5 nitrogen and oxygen atoms in total. The van der Waals surface area contributed by atoms with E-state index in [1.54, 1.807) is 6.92 Å². The number of carbonyl (C=O) groups is 2. The summed E-state index contributed by atoms with van der Waals surface area (Å²) in [5.74, 6) is -1.04. The molecule has 1 N–H and O–H groups in total. The van der Waals surface area contributed by atoms with Crippen LogP contribution in [-0.4, -0.2) is 44.5 Å². The molecule has 176 valence electrons. The average molecular weight is 443 g/mol. The van der Waals surface area contributed by atoms with E-state index in [1.165, 1.54) is 13.5 Å². The maximum Gasteiger partial charge on any atom is 0.308 e. The molecule has 0 aromatic carbocycles. The molecule has 0 amide bonds. The summed E-state index contributed by atoms with van der Waals surface area (Å²) in [4.78, 5) is 25.4. The fourth-order valence-electron chi connectivity index (χ4n) is 4.23. The van der Waals surface area contributed by atoms with Gasteiger partial charge in [0.2, 0.25) is 0 Å². The number of ether oxygens (including phenoxy) is 1. The minimum absolute atomic E-state index is 0.0191. The number of methoxy groups -OCH3 is 1. The van der Waals surface area contributed by atoms with Crippen molar-refractivity contribution in [1.82, 2.24) is 0 Å². The van der Waals surface area contributed by atoms with Crippen molar-refractivity contribution >= 4 is 20.1 Å². The molecule has 1 fully saturated rings. The predicted octanol–water partition coefficient (Wildman–Crippen LogP) is 5.36. The van der Waals surface area contributed by atoms with Crippen LogP contribution < -0.4 is 0 Å². The Labute approximate surface area is 185 Å². The van der Waals surface area contributed by atoms with Gasteiger partial charge in [-0.1, -0.05) is 60.8 Å². The number of aliphatic hydroxyl groups is 1. The molecule has 1 rings (SSSR count). The van der Waals surface area contributed by atoms with Gasteiger partial charge in [-0.25, -0.2) is 0 Å². The average Bonchev–Trinajstić information content (AvgIpc) is 2.69. The Bertz CT molecular complexity index is 562. The molecule has 0 aromatic rings. The number of aliphatic hydroxyl groups excluding tert-OH is 1. The number of Topliss-reactive ketones (excluding diaryl/α,β-unsaturated/α-hetero) is 1. The summed E-state index contributed by atoms with van der Waals surface area (Å²) in [5, 5.41) is 11.0. The monoisotopic (exact) mass is 442 g/mol. The lowest BCUT2D eigenvalue weighted by Gasteiger charge is -2.42. The number of hydrogen-bond donors (Lipinski definition) is 1. The largest absolute Gasteiger partial charge is 0.469 e. The second-order valence-corrected chi connectivity index (χ2v) is 15.8. The molecule has 0 spiro atoms. The van der Waals surface area contributed by atoms with Crippen LogP contribution in [0.3, 0.4) is 0 Å². The highest BCUT2D eigenvalue weighted by atomic mass is 28.4. The molecule has 1 aliphatic carbocycles. The lowest BCUT2D eigenvalue weighted by atomic mass is 9.78. The first-order valence-corrected chi connectivity index (χ1v) is 14.6. The van der Waals surface area contributed by atoms with Gasteiger partial charge < -0.3 is 14.3 Å². The quantitative estimate of drug-likeness (QED) is 0.364. The summed E-state index contributed by atoms with van der Waals surface area (Å²) < 4.78 is 11.5. The maximum absolute atomic E-state index is 13.6. The Balaban J connectivity index is 2.99. The van der Waals surface area contributed by atoms with Gasteiger partial charge in [-0.3, -0.25) is 9.59 Å². The molecule has 0 heterocycles. The molecular weight excluding hydrogens is 396 g/mol. The van der Waals surface area contributed by atoms with Crippen LogP contribution in [-0.2, 0) is 18.8 Å². The molecule has 0 unspecified atom stereocenters. The summed E-state index contributed by atoms with van der Waals surface area (Å²) in [7, 11) is -0.758. The number of carbonyl (C=O) groups excluding carboxylic acids is 2. The normalized spacial score (nSPS) is 21.4. The lowest BCUT2D eigenvalue weighted by Crippen LogP contribution is -2.51. The third-order valence-electron chi connectivity index (χ3n) is 7.46. The SMILES string of the molecule is COC(=O)[C@H](C)C[C@H](C)[C@@H](O)[C@H](C)C(=O)[C@H](O[Si](C)(C)C(C)(C)C)C1CCCCC1. The molecular formula is C24H46O5Si. The van der Waals surface area contributed by atoms with Gasteiger partial charge in [0.05, 0.1) is 19.1 Å². The summed E-state index contributed by atoms with van der Waals surface area (Å²) in [5.41, 5.74) is 0. The topological polar surface area (TPSA) is 72.8 Å². The Morgan fingerprint density at radius 1 is 1.07 bits per heavy atom. The Morgan fingerprint density at radius 3 is 2.07 bits per heavy atom. The van der Waals surface area contributed by atoms with E-state index < -0.39 is 26.4 Å². The Hall–Kier alpha value is -0.723. The van der Waals surface area contributed by atoms with Crippen LogP contribution in [0.15, 0.2) is 0 Å². The van der Waals surface area contributed by atoms with Gasteiger partial charge in [0.15, 0.2) is 14.1 Å². The molecule has 1 saturated carbocycles. The van der Waals surface area contributed by atoms with Gasteiger partial charge in [0, 0.05) is 5.92 Å². The number of ketones is 1. The van der Waals surface area contributed by atoms with E-state index in [-0.39, 0.29) is 34.5 Å². The van der Waals surface area contributed by atoms with Crippen LogP contribution >= 0.6 is 0 Å². The molecule has 0 aromatic heterocycles. The first kappa shape index (κ1) is 27.3. The van der Waals surface area contributed by atoms with Crippen molar-refractivity contribution in [2.45, 2.75) is 110 Å². The minimum atomic E-state index is -2.13. The summed E-state index contributed by atoms with van der Waals surface area (Å²) in [6, 6.07) is 0. The highest BCUT2D eigenvalue weighted by molar-refractivity contribution is 6.74. The van der Waals surface area contributed by atoms with Crippen LogP contribution in [0.4, 0.5) is 0 Å². The van der Waals surface area contributed by atoms with Crippen molar-refractivity contribution in [2.24, 2.45) is 23.7 Å². The van der Waals surface area contributed by atoms with E-state index in [2.05, 4.69) is 33.9 Å². The first-order valence-electron chi connectivity index (χ1n) is 11.7. The molecule has 5 atom stereocenters. The third-order valence-corrected chi connectivity index (χ3v) is 11.9. The Kier molecular flexibility index (Phi) is 10.2. The van der Waals surface area contributed by atoms with Crippen molar-refractivity contribution in [3.8, 4) is 0 Å². The van der Waals surface area contributed by atoms with Gasteiger partial charge in [-0.15, -0.1) is 0 Å². The van der Waals surface area contributed by atoms with Gasteiger partial charge in [0.25, 0.3) is 0 Å². The molecule has 30 heavy (non-hydrogen) atoms. The van der Waals surface area contributed by atoms with Gasteiger partial charge in [-0.05, 0) is 49.2 Å². The van der Waals surface area contributed by atoms with Crippen LogP contribution in [0.5, 0.6) is 0 Å². The Morgan fingerprint density at radius 2 is 1.60 bits per heavy atom. The standard InChI is InChI=1S/C24H46O5Si/c1-16(15-17(2)23(27)28-7)20(25)18(3)21(26)22(19-13-11-10-12-14-19)29-30(8,9)24(4,5)6/h16-20,22,25H,10-15H2,1-9H3/t16-,17+,18-,20+,22+/m0/s1. The van der Waals surface area contributed by atoms with Crippen LogP contribution in [0.25, 0.3) is 0 Å². The zero-order chi connectivity index (χ0) is 23.3. The number of hydrogen-bond acceptors (Lipinski definition) is 5. The third kappa shape index (κ3) is 7.16. The zero-order valence-corrected chi connectivity index (χ0v) is 21.8. The molecule has 0 saturated heterocycles.